The Morgan fingerprint density at radius 2 is 2.24 bits per heavy atom. The van der Waals surface area contributed by atoms with Gasteiger partial charge in [0.05, 0.1) is 11.7 Å². The molecule has 2 aliphatic rings. The molecule has 0 spiro atoms. The SMILES string of the molecule is N#Cc1c(NC(=O)COC2CCNCC2)sc2c1CCC2. The Kier molecular flexibility index (Phi) is 4.54. The molecule has 112 valence electrons. The van der Waals surface area contributed by atoms with Crippen molar-refractivity contribution < 1.29 is 9.53 Å². The van der Waals surface area contributed by atoms with Crippen molar-refractivity contribution in [2.45, 2.75) is 38.2 Å². The van der Waals surface area contributed by atoms with Crippen LogP contribution in [0.4, 0.5) is 5.00 Å². The summed E-state index contributed by atoms with van der Waals surface area (Å²) in [6.07, 6.45) is 5.16. The van der Waals surface area contributed by atoms with Crippen LogP contribution < -0.4 is 10.6 Å². The first-order valence-electron chi connectivity index (χ1n) is 7.44. The number of ether oxygens (including phenoxy) is 1. The zero-order chi connectivity index (χ0) is 14.7. The van der Waals surface area contributed by atoms with Crippen LogP contribution in [0.25, 0.3) is 0 Å². The topological polar surface area (TPSA) is 74.2 Å². The number of piperidine rings is 1. The third-order valence-corrected chi connectivity index (χ3v) is 5.23. The monoisotopic (exact) mass is 305 g/mol. The number of aryl methyl sites for hydroxylation is 1. The van der Waals surface area contributed by atoms with E-state index in [1.807, 2.05) is 0 Å². The Morgan fingerprint density at radius 1 is 1.43 bits per heavy atom. The number of hydrogen-bond donors (Lipinski definition) is 2. The predicted octanol–water partition coefficient (Wildman–Crippen LogP) is 1.82. The quantitative estimate of drug-likeness (QED) is 0.890. The lowest BCUT2D eigenvalue weighted by Crippen LogP contribution is -2.34. The first kappa shape index (κ1) is 14.5. The van der Waals surface area contributed by atoms with Crippen LogP contribution in [0.5, 0.6) is 0 Å². The largest absolute Gasteiger partial charge is 0.368 e. The molecule has 1 amide bonds. The van der Waals surface area contributed by atoms with Crippen LogP contribution in [-0.2, 0) is 22.4 Å². The Bertz CT molecular complexity index is 570. The Morgan fingerprint density at radius 3 is 3.00 bits per heavy atom. The molecule has 6 heteroatoms. The van der Waals surface area contributed by atoms with Gasteiger partial charge < -0.3 is 15.4 Å². The minimum absolute atomic E-state index is 0.0676. The lowest BCUT2D eigenvalue weighted by atomic mass is 10.1. The fourth-order valence-corrected chi connectivity index (χ4v) is 4.18. The molecule has 1 fully saturated rings. The second kappa shape index (κ2) is 6.56. The van der Waals surface area contributed by atoms with Crippen LogP contribution in [0.1, 0.15) is 35.3 Å². The number of nitrogens with one attached hydrogen (secondary N) is 2. The highest BCUT2D eigenvalue weighted by Crippen LogP contribution is 2.38. The fraction of sp³-hybridized carbons (Fsp3) is 0.600. The predicted molar refractivity (Wildman–Crippen MR) is 81.5 cm³/mol. The molecular formula is C15H19N3O2S. The summed E-state index contributed by atoms with van der Waals surface area (Å²) in [6.45, 7) is 1.96. The highest BCUT2D eigenvalue weighted by molar-refractivity contribution is 7.16. The molecule has 3 rings (SSSR count). The van der Waals surface area contributed by atoms with Crippen molar-refractivity contribution in [2.24, 2.45) is 0 Å². The van der Waals surface area contributed by atoms with Gasteiger partial charge in [0.15, 0.2) is 0 Å². The summed E-state index contributed by atoms with van der Waals surface area (Å²) in [5.41, 5.74) is 1.79. The van der Waals surface area contributed by atoms with Gasteiger partial charge in [0.2, 0.25) is 0 Å². The number of rotatable bonds is 4. The second-order valence-corrected chi connectivity index (χ2v) is 6.59. The van der Waals surface area contributed by atoms with E-state index < -0.39 is 0 Å². The van der Waals surface area contributed by atoms with Crippen LogP contribution in [0.3, 0.4) is 0 Å². The molecule has 0 saturated carbocycles. The summed E-state index contributed by atoms with van der Waals surface area (Å²) in [4.78, 5) is 13.2. The molecule has 21 heavy (non-hydrogen) atoms. The zero-order valence-electron chi connectivity index (χ0n) is 11.9. The van der Waals surface area contributed by atoms with Gasteiger partial charge in [0.1, 0.15) is 17.7 Å². The van der Waals surface area contributed by atoms with Crippen molar-refractivity contribution in [1.82, 2.24) is 5.32 Å². The number of nitriles is 1. The lowest BCUT2D eigenvalue weighted by Gasteiger charge is -2.22. The van der Waals surface area contributed by atoms with Crippen LogP contribution >= 0.6 is 11.3 Å². The molecule has 1 aromatic heterocycles. The van der Waals surface area contributed by atoms with Gasteiger partial charge in [-0.15, -0.1) is 11.3 Å². The lowest BCUT2D eigenvalue weighted by molar-refractivity contribution is -0.123. The number of fused-ring (bicyclic) bond motifs is 1. The fourth-order valence-electron chi connectivity index (χ4n) is 2.93. The molecule has 5 nitrogen and oxygen atoms in total. The van der Waals surface area contributed by atoms with E-state index in [1.165, 1.54) is 4.88 Å². The maximum atomic E-state index is 12.0. The van der Waals surface area contributed by atoms with E-state index in [4.69, 9.17) is 4.74 Å². The van der Waals surface area contributed by atoms with E-state index in [0.29, 0.717) is 10.6 Å². The molecule has 2 heterocycles. The first-order valence-corrected chi connectivity index (χ1v) is 8.26. The molecule has 1 saturated heterocycles. The summed E-state index contributed by atoms with van der Waals surface area (Å²) in [6, 6.07) is 2.23. The van der Waals surface area contributed by atoms with E-state index in [9.17, 15) is 10.1 Å². The average Bonchev–Trinajstić information content (AvgIpc) is 3.06. The molecule has 1 aliphatic carbocycles. The van der Waals surface area contributed by atoms with Gasteiger partial charge >= 0.3 is 0 Å². The summed E-state index contributed by atoms with van der Waals surface area (Å²) in [7, 11) is 0. The first-order chi connectivity index (χ1) is 10.3. The van der Waals surface area contributed by atoms with Gasteiger partial charge in [0.25, 0.3) is 5.91 Å². The van der Waals surface area contributed by atoms with Crippen LogP contribution in [0.2, 0.25) is 0 Å². The zero-order valence-corrected chi connectivity index (χ0v) is 12.7. The van der Waals surface area contributed by atoms with Gasteiger partial charge in [-0.25, -0.2) is 0 Å². The smallest absolute Gasteiger partial charge is 0.251 e. The molecule has 1 aliphatic heterocycles. The van der Waals surface area contributed by atoms with Gasteiger partial charge in [-0.3, -0.25) is 4.79 Å². The molecule has 0 radical (unpaired) electrons. The molecule has 0 bridgehead atoms. The van der Waals surface area contributed by atoms with E-state index in [0.717, 1.165) is 50.8 Å². The Labute approximate surface area is 128 Å². The molecule has 0 aromatic carbocycles. The Balaban J connectivity index is 1.56. The number of hydrogen-bond acceptors (Lipinski definition) is 5. The third-order valence-electron chi connectivity index (χ3n) is 4.02. The van der Waals surface area contributed by atoms with Crippen LogP contribution in [0.15, 0.2) is 0 Å². The third kappa shape index (κ3) is 3.26. The van der Waals surface area contributed by atoms with Crippen LogP contribution in [-0.4, -0.2) is 31.7 Å². The van der Waals surface area contributed by atoms with Crippen molar-refractivity contribution in [3.63, 3.8) is 0 Å². The van der Waals surface area contributed by atoms with Crippen molar-refractivity contribution in [2.75, 3.05) is 25.0 Å². The van der Waals surface area contributed by atoms with Crippen molar-refractivity contribution in [1.29, 1.82) is 5.26 Å². The second-order valence-electron chi connectivity index (χ2n) is 5.48. The standard InChI is InChI=1S/C15H19N3O2S/c16-8-12-11-2-1-3-13(11)21-15(12)18-14(19)9-20-10-4-6-17-7-5-10/h10,17H,1-7,9H2,(H,18,19). The van der Waals surface area contributed by atoms with Crippen molar-refractivity contribution in [3.05, 3.63) is 16.0 Å². The van der Waals surface area contributed by atoms with E-state index in [2.05, 4.69) is 16.7 Å². The maximum Gasteiger partial charge on any atom is 0.251 e. The molecule has 1 aromatic rings. The van der Waals surface area contributed by atoms with Gasteiger partial charge in [-0.2, -0.15) is 5.26 Å². The van der Waals surface area contributed by atoms with Gasteiger partial charge in [0, 0.05) is 4.88 Å². The number of amides is 1. The van der Waals surface area contributed by atoms with Crippen LogP contribution in [0, 0.1) is 11.3 Å². The van der Waals surface area contributed by atoms with E-state index >= 15 is 0 Å². The minimum Gasteiger partial charge on any atom is -0.368 e. The van der Waals surface area contributed by atoms with E-state index in [1.54, 1.807) is 11.3 Å². The average molecular weight is 305 g/mol. The van der Waals surface area contributed by atoms with Crippen molar-refractivity contribution in [3.8, 4) is 6.07 Å². The summed E-state index contributed by atoms with van der Waals surface area (Å²) >= 11 is 1.54. The Hall–Kier alpha value is -1.42. The van der Waals surface area contributed by atoms with Crippen molar-refractivity contribution >= 4 is 22.2 Å². The summed E-state index contributed by atoms with van der Waals surface area (Å²) in [5.74, 6) is -0.162. The maximum absolute atomic E-state index is 12.0. The molecule has 0 atom stereocenters. The summed E-state index contributed by atoms with van der Waals surface area (Å²) in [5, 5.41) is 16.1. The normalized spacial score (nSPS) is 18.2. The van der Waals surface area contributed by atoms with Gasteiger partial charge in [-0.05, 0) is 50.8 Å². The molecule has 0 unspecified atom stereocenters. The minimum atomic E-state index is -0.162. The highest BCUT2D eigenvalue weighted by Gasteiger charge is 2.23. The number of thiophene rings is 1. The molecular weight excluding hydrogens is 286 g/mol. The number of carbonyl (C=O) groups is 1. The van der Waals surface area contributed by atoms with Gasteiger partial charge in [-0.1, -0.05) is 0 Å². The summed E-state index contributed by atoms with van der Waals surface area (Å²) < 4.78 is 5.64. The number of anilines is 1. The number of nitrogens with zero attached hydrogens (tertiary/aromatic N) is 1. The molecule has 2 N–H and O–H groups in total. The van der Waals surface area contributed by atoms with E-state index in [-0.39, 0.29) is 18.6 Å². The number of carbonyl (C=O) groups excluding carboxylic acids is 1. The highest BCUT2D eigenvalue weighted by atomic mass is 32.1.